The Morgan fingerprint density at radius 1 is 1.33 bits per heavy atom. The van der Waals surface area contributed by atoms with E-state index in [-0.39, 0.29) is 24.5 Å². The van der Waals surface area contributed by atoms with Gasteiger partial charge in [-0.05, 0) is 19.3 Å². The van der Waals surface area contributed by atoms with Crippen LogP contribution >= 0.6 is 11.3 Å². The lowest BCUT2D eigenvalue weighted by atomic mass is 10.2. The quantitative estimate of drug-likeness (QED) is 0.720. The highest BCUT2D eigenvalue weighted by Crippen LogP contribution is 2.20. The van der Waals surface area contributed by atoms with Gasteiger partial charge in [-0.3, -0.25) is 4.79 Å². The summed E-state index contributed by atoms with van der Waals surface area (Å²) in [7, 11) is 0. The van der Waals surface area contributed by atoms with E-state index in [9.17, 15) is 9.59 Å². The molecule has 0 saturated heterocycles. The number of amides is 3. The second kappa shape index (κ2) is 8.61. The molecule has 1 heterocycles. The van der Waals surface area contributed by atoms with Crippen molar-refractivity contribution in [2.45, 2.75) is 40.2 Å². The van der Waals surface area contributed by atoms with Crippen LogP contribution in [-0.2, 0) is 4.79 Å². The Bertz CT molecular complexity index is 473. The summed E-state index contributed by atoms with van der Waals surface area (Å²) in [4.78, 5) is 27.7. The molecule has 0 saturated carbocycles. The van der Waals surface area contributed by atoms with Crippen LogP contribution in [0.4, 0.5) is 4.79 Å². The molecule has 3 N–H and O–H groups in total. The number of carbonyl (C=O) groups is 2. The molecule has 118 valence electrons. The Balaban J connectivity index is 2.36. The van der Waals surface area contributed by atoms with E-state index < -0.39 is 0 Å². The molecule has 0 fully saturated rings. The van der Waals surface area contributed by atoms with Crippen LogP contribution in [0.2, 0.25) is 0 Å². The number of hydrogen-bond donors (Lipinski definition) is 3. The van der Waals surface area contributed by atoms with Crippen molar-refractivity contribution >= 4 is 23.3 Å². The zero-order chi connectivity index (χ0) is 15.8. The SMILES string of the molecule is CC[C@H](NC(=O)NCC(=O)NCC(C)C)c1nc(C)cs1. The van der Waals surface area contributed by atoms with Gasteiger partial charge in [0.1, 0.15) is 5.01 Å². The Morgan fingerprint density at radius 2 is 2.05 bits per heavy atom. The van der Waals surface area contributed by atoms with E-state index in [1.165, 1.54) is 11.3 Å². The fraction of sp³-hybridized carbons (Fsp3) is 0.643. The minimum Gasteiger partial charge on any atom is -0.354 e. The lowest BCUT2D eigenvalue weighted by Gasteiger charge is -2.15. The second-order valence-corrected chi connectivity index (χ2v) is 6.20. The number of thiazole rings is 1. The van der Waals surface area contributed by atoms with Gasteiger partial charge in [0.2, 0.25) is 5.91 Å². The fourth-order valence-corrected chi connectivity index (χ4v) is 2.55. The van der Waals surface area contributed by atoms with Crippen molar-refractivity contribution in [2.75, 3.05) is 13.1 Å². The molecule has 6 nitrogen and oxygen atoms in total. The summed E-state index contributed by atoms with van der Waals surface area (Å²) in [6.45, 7) is 8.53. The number of nitrogens with one attached hydrogen (secondary N) is 3. The minimum atomic E-state index is -0.352. The van der Waals surface area contributed by atoms with Gasteiger partial charge in [0, 0.05) is 17.6 Å². The molecule has 0 aliphatic rings. The standard InChI is InChI=1S/C14H24N4O2S/c1-5-11(13-17-10(4)8-21-13)18-14(20)16-7-12(19)15-6-9(2)3/h8-9,11H,5-7H2,1-4H3,(H,15,19)(H2,16,18,20)/t11-/m0/s1. The van der Waals surface area contributed by atoms with Crippen LogP contribution in [0.5, 0.6) is 0 Å². The van der Waals surface area contributed by atoms with Crippen molar-refractivity contribution in [1.82, 2.24) is 20.9 Å². The van der Waals surface area contributed by atoms with E-state index in [1.807, 2.05) is 33.1 Å². The van der Waals surface area contributed by atoms with Crippen LogP contribution in [0, 0.1) is 12.8 Å². The van der Waals surface area contributed by atoms with Crippen molar-refractivity contribution in [1.29, 1.82) is 0 Å². The maximum absolute atomic E-state index is 11.8. The average Bonchev–Trinajstić information content (AvgIpc) is 2.86. The Hall–Kier alpha value is -1.63. The average molecular weight is 312 g/mol. The Kier molecular flexibility index (Phi) is 7.14. The van der Waals surface area contributed by atoms with Crippen molar-refractivity contribution in [3.05, 3.63) is 16.1 Å². The Labute approximate surface area is 129 Å². The molecular formula is C14H24N4O2S. The number of urea groups is 1. The topological polar surface area (TPSA) is 83.1 Å². The molecule has 0 aliphatic carbocycles. The first-order valence-corrected chi connectivity index (χ1v) is 8.03. The first-order valence-electron chi connectivity index (χ1n) is 7.15. The maximum atomic E-state index is 11.8. The predicted octanol–water partition coefficient (Wildman–Crippen LogP) is 1.97. The molecule has 0 radical (unpaired) electrons. The molecule has 21 heavy (non-hydrogen) atoms. The maximum Gasteiger partial charge on any atom is 0.315 e. The van der Waals surface area contributed by atoms with Crippen molar-refractivity contribution in [2.24, 2.45) is 5.92 Å². The molecule has 1 aromatic heterocycles. The molecule has 3 amide bonds. The number of hydrogen-bond acceptors (Lipinski definition) is 4. The van der Waals surface area contributed by atoms with E-state index in [2.05, 4.69) is 20.9 Å². The van der Waals surface area contributed by atoms with E-state index in [4.69, 9.17) is 0 Å². The van der Waals surface area contributed by atoms with E-state index in [0.29, 0.717) is 12.5 Å². The van der Waals surface area contributed by atoms with Crippen LogP contribution in [-0.4, -0.2) is 30.0 Å². The van der Waals surface area contributed by atoms with Gasteiger partial charge in [-0.25, -0.2) is 9.78 Å². The molecule has 0 bridgehead atoms. The predicted molar refractivity (Wildman–Crippen MR) is 84.3 cm³/mol. The summed E-state index contributed by atoms with van der Waals surface area (Å²) in [6, 6.07) is -0.475. The normalized spacial score (nSPS) is 12.0. The zero-order valence-corrected chi connectivity index (χ0v) is 13.8. The van der Waals surface area contributed by atoms with Gasteiger partial charge >= 0.3 is 6.03 Å². The Morgan fingerprint density at radius 3 is 2.57 bits per heavy atom. The molecule has 0 aliphatic heterocycles. The van der Waals surface area contributed by atoms with Gasteiger partial charge < -0.3 is 16.0 Å². The summed E-state index contributed by atoms with van der Waals surface area (Å²) >= 11 is 1.53. The molecule has 1 rings (SSSR count). The van der Waals surface area contributed by atoms with E-state index >= 15 is 0 Å². The smallest absolute Gasteiger partial charge is 0.315 e. The molecule has 0 spiro atoms. The third-order valence-corrected chi connectivity index (χ3v) is 3.84. The van der Waals surface area contributed by atoms with Gasteiger partial charge in [0.05, 0.1) is 12.6 Å². The molecular weight excluding hydrogens is 288 g/mol. The first kappa shape index (κ1) is 17.4. The van der Waals surface area contributed by atoms with Gasteiger partial charge in [-0.15, -0.1) is 11.3 Å². The van der Waals surface area contributed by atoms with Crippen LogP contribution in [0.25, 0.3) is 0 Å². The highest BCUT2D eigenvalue weighted by molar-refractivity contribution is 7.09. The van der Waals surface area contributed by atoms with Gasteiger partial charge in [-0.2, -0.15) is 0 Å². The third kappa shape index (κ3) is 6.57. The molecule has 1 aromatic rings. The fourth-order valence-electron chi connectivity index (χ4n) is 1.62. The van der Waals surface area contributed by atoms with Gasteiger partial charge in [-0.1, -0.05) is 20.8 Å². The lowest BCUT2D eigenvalue weighted by molar-refractivity contribution is -0.120. The second-order valence-electron chi connectivity index (χ2n) is 5.31. The number of aromatic nitrogens is 1. The van der Waals surface area contributed by atoms with Crippen molar-refractivity contribution < 1.29 is 9.59 Å². The number of nitrogens with zero attached hydrogens (tertiary/aromatic N) is 1. The monoisotopic (exact) mass is 312 g/mol. The largest absolute Gasteiger partial charge is 0.354 e. The summed E-state index contributed by atoms with van der Waals surface area (Å²) in [5, 5.41) is 11.0. The van der Waals surface area contributed by atoms with Crippen molar-refractivity contribution in [3.63, 3.8) is 0 Å². The van der Waals surface area contributed by atoms with Crippen LogP contribution in [0.15, 0.2) is 5.38 Å². The van der Waals surface area contributed by atoms with E-state index in [0.717, 1.165) is 17.1 Å². The highest BCUT2D eigenvalue weighted by atomic mass is 32.1. The van der Waals surface area contributed by atoms with Crippen LogP contribution in [0.1, 0.15) is 43.9 Å². The first-order chi connectivity index (χ1) is 9.92. The summed E-state index contributed by atoms with van der Waals surface area (Å²) in [5.74, 6) is 0.206. The number of carbonyl (C=O) groups excluding carboxylic acids is 2. The minimum absolute atomic E-state index is 0.0219. The zero-order valence-electron chi connectivity index (χ0n) is 13.0. The van der Waals surface area contributed by atoms with Crippen molar-refractivity contribution in [3.8, 4) is 0 Å². The third-order valence-electron chi connectivity index (χ3n) is 2.77. The number of aryl methyl sites for hydroxylation is 1. The molecule has 1 atom stereocenters. The van der Waals surface area contributed by atoms with Crippen LogP contribution < -0.4 is 16.0 Å². The summed E-state index contributed by atoms with van der Waals surface area (Å²) in [6.07, 6.45) is 0.750. The van der Waals surface area contributed by atoms with Gasteiger partial charge in [0.25, 0.3) is 0 Å². The molecule has 7 heteroatoms. The highest BCUT2D eigenvalue weighted by Gasteiger charge is 2.16. The molecule has 0 aromatic carbocycles. The summed E-state index contributed by atoms with van der Waals surface area (Å²) < 4.78 is 0. The number of rotatable bonds is 7. The molecule has 0 unspecified atom stereocenters. The lowest BCUT2D eigenvalue weighted by Crippen LogP contribution is -2.43. The van der Waals surface area contributed by atoms with Gasteiger partial charge in [0.15, 0.2) is 0 Å². The van der Waals surface area contributed by atoms with E-state index in [1.54, 1.807) is 0 Å². The summed E-state index contributed by atoms with van der Waals surface area (Å²) in [5.41, 5.74) is 0.948. The van der Waals surface area contributed by atoms with Crippen LogP contribution in [0.3, 0.4) is 0 Å².